The summed E-state index contributed by atoms with van der Waals surface area (Å²) >= 11 is 2.60. The van der Waals surface area contributed by atoms with Crippen molar-refractivity contribution in [1.29, 1.82) is 0 Å². The predicted octanol–water partition coefficient (Wildman–Crippen LogP) is 5.34. The highest BCUT2D eigenvalue weighted by Gasteiger charge is 2.25. The maximum Gasteiger partial charge on any atom is 0.264 e. The molecule has 0 aliphatic carbocycles. The van der Waals surface area contributed by atoms with Gasteiger partial charge >= 0.3 is 0 Å². The van der Waals surface area contributed by atoms with Crippen molar-refractivity contribution in [3.05, 3.63) is 69.6 Å². The molecule has 1 aliphatic heterocycles. The Labute approximate surface area is 200 Å². The number of carbonyl (C=O) groups excluding carboxylic acids is 2. The molecule has 1 aliphatic rings. The van der Waals surface area contributed by atoms with Gasteiger partial charge in [-0.05, 0) is 73.1 Å². The van der Waals surface area contributed by atoms with E-state index in [0.29, 0.717) is 32.3 Å². The lowest BCUT2D eigenvalue weighted by Gasteiger charge is -2.18. The summed E-state index contributed by atoms with van der Waals surface area (Å²) in [5.41, 5.74) is 4.25. The number of benzene rings is 2. The number of thioether (sulfide) groups is 1. The second-order valence-electron chi connectivity index (χ2n) is 7.38. The van der Waals surface area contributed by atoms with Crippen molar-refractivity contribution >= 4 is 62.7 Å². The van der Waals surface area contributed by atoms with Crippen LogP contribution in [0.1, 0.15) is 23.7 Å². The summed E-state index contributed by atoms with van der Waals surface area (Å²) in [5.74, 6) is 0.316. The lowest BCUT2D eigenvalue weighted by atomic mass is 10.1. The maximum atomic E-state index is 12.5. The fourth-order valence-electron chi connectivity index (χ4n) is 3.17. The number of ether oxygens (including phenoxy) is 1. The van der Waals surface area contributed by atoms with E-state index in [-0.39, 0.29) is 11.8 Å². The molecule has 0 saturated carbocycles. The zero-order chi connectivity index (χ0) is 23.5. The van der Waals surface area contributed by atoms with Gasteiger partial charge in [0.25, 0.3) is 5.91 Å². The number of carbonyl (C=O) groups is 2. The van der Waals surface area contributed by atoms with Crippen LogP contribution in [0.2, 0.25) is 0 Å². The number of hydrogen-bond acceptors (Lipinski definition) is 7. The van der Waals surface area contributed by atoms with Crippen LogP contribution in [0, 0.1) is 13.8 Å². The normalized spacial score (nSPS) is 15.7. The molecule has 0 spiro atoms. The minimum atomic E-state index is -0.225. The molecular weight excluding hydrogens is 456 g/mol. The van der Waals surface area contributed by atoms with Gasteiger partial charge in [-0.1, -0.05) is 12.1 Å². The van der Waals surface area contributed by atoms with Gasteiger partial charge in [0, 0.05) is 12.3 Å². The summed E-state index contributed by atoms with van der Waals surface area (Å²) in [6, 6.07) is 13.2. The Morgan fingerprint density at radius 2 is 1.94 bits per heavy atom. The zero-order valence-electron chi connectivity index (χ0n) is 18.6. The largest absolute Gasteiger partial charge is 0.497 e. The van der Waals surface area contributed by atoms with Gasteiger partial charge in [-0.2, -0.15) is 0 Å². The van der Waals surface area contributed by atoms with Gasteiger partial charge < -0.3 is 10.1 Å². The van der Waals surface area contributed by atoms with E-state index < -0.39 is 0 Å². The van der Waals surface area contributed by atoms with Crippen molar-refractivity contribution < 1.29 is 14.3 Å². The second-order valence-corrected chi connectivity index (χ2v) is 9.25. The van der Waals surface area contributed by atoms with Gasteiger partial charge in [0.05, 0.1) is 29.1 Å². The van der Waals surface area contributed by atoms with Crippen LogP contribution in [0.4, 0.5) is 16.5 Å². The Morgan fingerprint density at radius 1 is 1.18 bits per heavy atom. The number of anilines is 2. The van der Waals surface area contributed by atoms with Crippen molar-refractivity contribution in [1.82, 2.24) is 10.3 Å². The predicted molar refractivity (Wildman–Crippen MR) is 135 cm³/mol. The Morgan fingerprint density at radius 3 is 2.64 bits per heavy atom. The molecule has 2 heterocycles. The average molecular weight is 479 g/mol. The SMILES string of the molecule is COc1ccc(N(C(C)=O)c2nc(C=C3SC(=Nc4cc(C)ccc4C)NC3=O)cs2)cc1. The molecular formula is C24H22N4O3S2. The number of aryl methyl sites for hydroxylation is 2. The molecule has 4 rings (SSSR count). The number of nitrogens with one attached hydrogen (secondary N) is 1. The van der Waals surface area contributed by atoms with E-state index in [9.17, 15) is 9.59 Å². The van der Waals surface area contributed by atoms with Crippen molar-refractivity contribution in [2.45, 2.75) is 20.8 Å². The number of rotatable bonds is 5. The molecule has 168 valence electrons. The number of methoxy groups -OCH3 is 1. The van der Waals surface area contributed by atoms with E-state index in [2.05, 4.69) is 15.3 Å². The first kappa shape index (κ1) is 22.8. The minimum absolute atomic E-state index is 0.162. The molecule has 33 heavy (non-hydrogen) atoms. The Bertz CT molecular complexity index is 1280. The van der Waals surface area contributed by atoms with Crippen LogP contribution in [-0.4, -0.2) is 29.1 Å². The minimum Gasteiger partial charge on any atom is -0.497 e. The van der Waals surface area contributed by atoms with Gasteiger partial charge in [-0.15, -0.1) is 11.3 Å². The summed E-state index contributed by atoms with van der Waals surface area (Å²) in [7, 11) is 1.59. The van der Waals surface area contributed by atoms with Gasteiger partial charge in [-0.25, -0.2) is 9.98 Å². The van der Waals surface area contributed by atoms with Crippen LogP contribution < -0.4 is 15.0 Å². The van der Waals surface area contributed by atoms with Crippen LogP contribution in [0.3, 0.4) is 0 Å². The van der Waals surface area contributed by atoms with Crippen molar-refractivity contribution in [3.63, 3.8) is 0 Å². The lowest BCUT2D eigenvalue weighted by Crippen LogP contribution is -2.22. The van der Waals surface area contributed by atoms with Crippen molar-refractivity contribution in [2.24, 2.45) is 4.99 Å². The number of amides is 2. The van der Waals surface area contributed by atoms with Crippen molar-refractivity contribution in [3.8, 4) is 5.75 Å². The summed E-state index contributed by atoms with van der Waals surface area (Å²) in [6.45, 7) is 5.47. The first-order chi connectivity index (χ1) is 15.8. The quantitative estimate of drug-likeness (QED) is 0.500. The number of thiazole rings is 1. The highest BCUT2D eigenvalue weighted by Crippen LogP contribution is 2.33. The standard InChI is InChI=1S/C24H22N4O3S2/c1-14-5-6-15(2)20(11-14)26-23-27-22(30)21(33-23)12-17-13-32-24(25-17)28(16(3)29)18-7-9-19(31-4)10-8-18/h5-13H,1-4H3,(H,26,27,30). The fraction of sp³-hybridized carbons (Fsp3) is 0.167. The van der Waals surface area contributed by atoms with E-state index in [0.717, 1.165) is 16.8 Å². The van der Waals surface area contributed by atoms with Crippen LogP contribution in [-0.2, 0) is 9.59 Å². The fourth-order valence-corrected chi connectivity index (χ4v) is 4.83. The molecule has 0 radical (unpaired) electrons. The molecule has 1 N–H and O–H groups in total. The van der Waals surface area contributed by atoms with Gasteiger partial charge in [-0.3, -0.25) is 14.5 Å². The highest BCUT2D eigenvalue weighted by atomic mass is 32.2. The monoisotopic (exact) mass is 478 g/mol. The molecule has 9 heteroatoms. The molecule has 2 amide bonds. The summed E-state index contributed by atoms with van der Waals surface area (Å²) in [5, 5.41) is 5.67. The van der Waals surface area contributed by atoms with E-state index in [1.165, 1.54) is 34.9 Å². The summed E-state index contributed by atoms with van der Waals surface area (Å²) in [6.07, 6.45) is 1.71. The molecule has 0 unspecified atom stereocenters. The molecule has 1 fully saturated rings. The average Bonchev–Trinajstić information content (AvgIpc) is 3.37. The topological polar surface area (TPSA) is 83.9 Å². The van der Waals surface area contributed by atoms with E-state index in [1.54, 1.807) is 37.5 Å². The van der Waals surface area contributed by atoms with E-state index >= 15 is 0 Å². The molecule has 3 aromatic rings. The smallest absolute Gasteiger partial charge is 0.264 e. The molecule has 0 bridgehead atoms. The number of nitrogens with zero attached hydrogens (tertiary/aromatic N) is 3. The van der Waals surface area contributed by atoms with Gasteiger partial charge in [0.2, 0.25) is 5.91 Å². The van der Waals surface area contributed by atoms with Crippen LogP contribution in [0.15, 0.2) is 57.7 Å². The third kappa shape index (κ3) is 5.15. The number of hydrogen-bond donors (Lipinski definition) is 1. The Hall–Kier alpha value is -3.43. The molecule has 1 aromatic heterocycles. The highest BCUT2D eigenvalue weighted by molar-refractivity contribution is 8.18. The third-order valence-electron chi connectivity index (χ3n) is 4.86. The molecule has 2 aromatic carbocycles. The first-order valence-electron chi connectivity index (χ1n) is 10.1. The van der Waals surface area contributed by atoms with E-state index in [1.807, 2.05) is 37.4 Å². The van der Waals surface area contributed by atoms with Crippen molar-refractivity contribution in [2.75, 3.05) is 12.0 Å². The summed E-state index contributed by atoms with van der Waals surface area (Å²) in [4.78, 5) is 36.0. The number of aromatic nitrogens is 1. The zero-order valence-corrected chi connectivity index (χ0v) is 20.2. The summed E-state index contributed by atoms with van der Waals surface area (Å²) < 4.78 is 5.19. The maximum absolute atomic E-state index is 12.5. The van der Waals surface area contributed by atoms with Gasteiger partial charge in [0.1, 0.15) is 5.75 Å². The van der Waals surface area contributed by atoms with Gasteiger partial charge in [0.15, 0.2) is 10.3 Å². The number of amidine groups is 1. The third-order valence-corrected chi connectivity index (χ3v) is 6.62. The Balaban J connectivity index is 1.57. The lowest BCUT2D eigenvalue weighted by molar-refractivity contribution is -0.116. The molecule has 7 nitrogen and oxygen atoms in total. The molecule has 0 atom stereocenters. The van der Waals surface area contributed by atoms with Crippen LogP contribution >= 0.6 is 23.1 Å². The Kier molecular flexibility index (Phi) is 6.62. The van der Waals surface area contributed by atoms with Crippen LogP contribution in [0.25, 0.3) is 6.08 Å². The number of aliphatic imine (C=N–C) groups is 1. The second kappa shape index (κ2) is 9.60. The van der Waals surface area contributed by atoms with Crippen LogP contribution in [0.5, 0.6) is 5.75 Å². The molecule has 1 saturated heterocycles. The van der Waals surface area contributed by atoms with E-state index in [4.69, 9.17) is 4.74 Å². The first-order valence-corrected chi connectivity index (χ1v) is 11.8.